The highest BCUT2D eigenvalue weighted by molar-refractivity contribution is 6.68. The Morgan fingerprint density at radius 1 is 0.559 bits per heavy atom. The summed E-state index contributed by atoms with van der Waals surface area (Å²) in [4.78, 5) is 3.35. The molecule has 0 saturated heterocycles. The SMILES string of the molecule is [B]c1c([B])c([B])c2c([nH]c3cc(-n4c5ccccc5c5c([B])c([B])c([B])c([B])c54)ccc32)c1[B]. The van der Waals surface area contributed by atoms with E-state index in [0.717, 1.165) is 38.3 Å². The maximum Gasteiger partial charge on any atom is 0.115 e. The zero-order valence-electron chi connectivity index (χ0n) is 18.1. The van der Waals surface area contributed by atoms with Crippen LogP contribution >= 0.6 is 0 Å². The van der Waals surface area contributed by atoms with E-state index in [1.807, 2.05) is 47.0 Å². The minimum Gasteiger partial charge on any atom is -0.355 e. The first-order valence-corrected chi connectivity index (χ1v) is 10.5. The van der Waals surface area contributed by atoms with Crippen LogP contribution in [0.3, 0.4) is 0 Å². The molecule has 10 heteroatoms. The minimum absolute atomic E-state index is 0.257. The molecule has 0 atom stereocenters. The van der Waals surface area contributed by atoms with Crippen molar-refractivity contribution < 1.29 is 0 Å². The molecule has 16 radical (unpaired) electrons. The monoisotopic (exact) mass is 412 g/mol. The van der Waals surface area contributed by atoms with Gasteiger partial charge in [0.1, 0.15) is 62.8 Å². The first-order valence-electron chi connectivity index (χ1n) is 10.5. The third kappa shape index (κ3) is 2.63. The van der Waals surface area contributed by atoms with E-state index in [1.165, 1.54) is 0 Å². The van der Waals surface area contributed by atoms with Crippen LogP contribution in [-0.2, 0) is 0 Å². The van der Waals surface area contributed by atoms with Gasteiger partial charge in [-0.3, -0.25) is 0 Å². The lowest BCUT2D eigenvalue weighted by atomic mass is 9.65. The summed E-state index contributed by atoms with van der Waals surface area (Å²) in [5.74, 6) is 0. The van der Waals surface area contributed by atoms with Gasteiger partial charge in [0.05, 0.1) is 5.52 Å². The lowest BCUT2D eigenvalue weighted by Gasteiger charge is -2.16. The van der Waals surface area contributed by atoms with E-state index in [-0.39, 0.29) is 21.9 Å². The van der Waals surface area contributed by atoms with Gasteiger partial charge >= 0.3 is 0 Å². The third-order valence-electron chi connectivity index (χ3n) is 6.72. The number of H-pyrrole nitrogens is 1. The number of benzene rings is 4. The average molecular weight is 411 g/mol. The maximum absolute atomic E-state index is 6.49. The van der Waals surface area contributed by atoms with Crippen molar-refractivity contribution in [2.45, 2.75) is 0 Å². The van der Waals surface area contributed by atoms with Crippen LogP contribution in [0.4, 0.5) is 0 Å². The van der Waals surface area contributed by atoms with Crippen molar-refractivity contribution >= 4 is 150 Å². The molecule has 0 spiro atoms. The molecule has 6 rings (SSSR count). The largest absolute Gasteiger partial charge is 0.355 e. The molecule has 0 bridgehead atoms. The van der Waals surface area contributed by atoms with Gasteiger partial charge in [0.25, 0.3) is 0 Å². The number of aromatic amines is 1. The summed E-state index contributed by atoms with van der Waals surface area (Å²) < 4.78 is 2.02. The molecule has 0 unspecified atom stereocenters. The molecule has 1 N–H and O–H groups in total. The Bertz CT molecular complexity index is 1850. The molecule has 6 aromatic rings. The Hall–Kier alpha value is -3.00. The van der Waals surface area contributed by atoms with Crippen molar-refractivity contribution in [3.63, 3.8) is 0 Å². The second-order valence-electron chi connectivity index (χ2n) is 8.49. The smallest absolute Gasteiger partial charge is 0.115 e. The van der Waals surface area contributed by atoms with E-state index in [0.29, 0.717) is 32.9 Å². The Balaban J connectivity index is 1.76. The number of hydrogen-bond donors (Lipinski definition) is 1. The number of para-hydroxylation sites is 1. The van der Waals surface area contributed by atoms with Crippen molar-refractivity contribution in [2.75, 3.05) is 0 Å². The van der Waals surface area contributed by atoms with Crippen molar-refractivity contribution in [2.24, 2.45) is 0 Å². The third-order valence-corrected chi connectivity index (χ3v) is 6.72. The lowest BCUT2D eigenvalue weighted by molar-refractivity contribution is 1.19. The highest BCUT2D eigenvalue weighted by Gasteiger charge is 2.19. The molecule has 2 nitrogen and oxygen atoms in total. The quantitative estimate of drug-likeness (QED) is 0.275. The zero-order chi connectivity index (χ0) is 24.0. The highest BCUT2D eigenvalue weighted by Crippen LogP contribution is 2.31. The van der Waals surface area contributed by atoms with Gasteiger partial charge in [-0.05, 0) is 29.0 Å². The maximum atomic E-state index is 6.49. The van der Waals surface area contributed by atoms with Gasteiger partial charge in [-0.25, -0.2) is 0 Å². The second-order valence-corrected chi connectivity index (χ2v) is 8.49. The van der Waals surface area contributed by atoms with Crippen LogP contribution in [0.15, 0.2) is 42.5 Å². The first kappa shape index (κ1) is 21.5. The normalized spacial score (nSPS) is 11.9. The molecule has 0 aliphatic carbocycles. The van der Waals surface area contributed by atoms with Gasteiger partial charge in [0.15, 0.2) is 0 Å². The minimum atomic E-state index is 0.257. The number of fused-ring (bicyclic) bond motifs is 6. The number of rotatable bonds is 1. The average Bonchev–Trinajstić information content (AvgIpc) is 3.39. The van der Waals surface area contributed by atoms with Crippen LogP contribution < -0.4 is 43.7 Å². The molecule has 0 aliphatic heterocycles. The van der Waals surface area contributed by atoms with Crippen molar-refractivity contribution in [3.05, 3.63) is 42.5 Å². The van der Waals surface area contributed by atoms with Crippen molar-refractivity contribution in [1.29, 1.82) is 0 Å². The van der Waals surface area contributed by atoms with Gasteiger partial charge in [-0.1, -0.05) is 46.1 Å². The fourth-order valence-corrected chi connectivity index (χ4v) is 4.95. The standard InChI is InChI=1S/C24H8B8N2/c25-15-13-9-6-5-8(7-11(9)33-23(13)21(31)19(29)17(15)27)34-12-4-2-1-3-10(12)14-16(26)18(28)20(30)22(32)24(14)34/h1-7,33H. The van der Waals surface area contributed by atoms with E-state index < -0.39 is 0 Å². The van der Waals surface area contributed by atoms with E-state index >= 15 is 0 Å². The second kappa shape index (κ2) is 7.25. The first-order chi connectivity index (χ1) is 16.2. The molecule has 2 heterocycles. The number of nitrogens with zero attached hydrogens (tertiary/aromatic N) is 1. The fourth-order valence-electron chi connectivity index (χ4n) is 4.95. The summed E-state index contributed by atoms with van der Waals surface area (Å²) in [6.07, 6.45) is 0. The summed E-state index contributed by atoms with van der Waals surface area (Å²) in [6.45, 7) is 0. The summed E-state index contributed by atoms with van der Waals surface area (Å²) in [6, 6.07) is 13.8. The van der Waals surface area contributed by atoms with Gasteiger partial charge in [-0.2, -0.15) is 0 Å². The zero-order valence-corrected chi connectivity index (χ0v) is 18.1. The summed E-state index contributed by atoms with van der Waals surface area (Å²) >= 11 is 0. The van der Waals surface area contributed by atoms with Crippen LogP contribution in [0, 0.1) is 0 Å². The van der Waals surface area contributed by atoms with Crippen molar-refractivity contribution in [1.82, 2.24) is 9.55 Å². The molecule has 0 saturated carbocycles. The fraction of sp³-hybridized carbons (Fsp3) is 0. The predicted molar refractivity (Wildman–Crippen MR) is 153 cm³/mol. The molecular formula is C24H8B8N2. The van der Waals surface area contributed by atoms with E-state index in [1.54, 1.807) is 0 Å². The highest BCUT2D eigenvalue weighted by atomic mass is 15.0. The van der Waals surface area contributed by atoms with Gasteiger partial charge in [-0.15, -0.1) is 21.9 Å². The van der Waals surface area contributed by atoms with Gasteiger partial charge in [0, 0.05) is 33.0 Å². The molecule has 34 heavy (non-hydrogen) atoms. The van der Waals surface area contributed by atoms with Crippen LogP contribution in [0.5, 0.6) is 0 Å². The van der Waals surface area contributed by atoms with E-state index in [4.69, 9.17) is 62.8 Å². The van der Waals surface area contributed by atoms with Crippen molar-refractivity contribution in [3.8, 4) is 5.69 Å². The molecule has 4 aromatic carbocycles. The molecule has 0 aliphatic rings. The molecule has 0 fully saturated rings. The van der Waals surface area contributed by atoms with Crippen LogP contribution in [-0.4, -0.2) is 72.3 Å². The number of nitrogens with one attached hydrogen (secondary N) is 1. The number of aromatic nitrogens is 2. The van der Waals surface area contributed by atoms with E-state index in [2.05, 4.69) is 4.98 Å². The van der Waals surface area contributed by atoms with Crippen LogP contribution in [0.25, 0.3) is 49.3 Å². The van der Waals surface area contributed by atoms with Crippen LogP contribution in [0.1, 0.15) is 0 Å². The number of hydrogen-bond acceptors (Lipinski definition) is 0. The Morgan fingerprint density at radius 3 is 1.91 bits per heavy atom. The van der Waals surface area contributed by atoms with E-state index in [9.17, 15) is 0 Å². The van der Waals surface area contributed by atoms with Gasteiger partial charge < -0.3 is 9.55 Å². The Labute approximate surface area is 207 Å². The topological polar surface area (TPSA) is 20.7 Å². The summed E-state index contributed by atoms with van der Waals surface area (Å²) in [7, 11) is 50.0. The molecule has 2 aromatic heterocycles. The summed E-state index contributed by atoms with van der Waals surface area (Å²) in [5, 5.41) is 3.27. The summed E-state index contributed by atoms with van der Waals surface area (Å²) in [5.41, 5.74) is 6.44. The molecule has 0 amide bonds. The van der Waals surface area contributed by atoms with Crippen LogP contribution in [0.2, 0.25) is 0 Å². The Kier molecular flexibility index (Phi) is 4.59. The molecule has 138 valence electrons. The molecular weight excluding hydrogens is 403 g/mol. The van der Waals surface area contributed by atoms with Gasteiger partial charge in [0.2, 0.25) is 0 Å². The lowest BCUT2D eigenvalue weighted by Crippen LogP contribution is -2.48. The predicted octanol–water partition coefficient (Wildman–Crippen LogP) is -3.23. The Morgan fingerprint density at radius 2 is 1.18 bits per heavy atom.